The van der Waals surface area contributed by atoms with Crippen LogP contribution in [0.5, 0.6) is 0 Å². The van der Waals surface area contributed by atoms with Crippen molar-refractivity contribution in [2.24, 2.45) is 0 Å². The van der Waals surface area contributed by atoms with E-state index >= 15 is 0 Å². The third-order valence-corrected chi connectivity index (χ3v) is 4.65. The fourth-order valence-electron chi connectivity index (χ4n) is 3.10. The molecule has 1 fully saturated rings. The Morgan fingerprint density at radius 3 is 2.73 bits per heavy atom. The van der Waals surface area contributed by atoms with Crippen molar-refractivity contribution in [2.75, 3.05) is 6.61 Å². The van der Waals surface area contributed by atoms with E-state index in [1.54, 1.807) is 6.33 Å². The minimum Gasteiger partial charge on any atom is -0.394 e. The lowest BCUT2D eigenvalue weighted by Gasteiger charge is -2.37. The molecule has 3 rings (SSSR count). The van der Waals surface area contributed by atoms with E-state index in [9.17, 15) is 20.4 Å². The van der Waals surface area contributed by atoms with Crippen LogP contribution in [0.1, 0.15) is 30.9 Å². The fourth-order valence-corrected chi connectivity index (χ4v) is 3.10. The summed E-state index contributed by atoms with van der Waals surface area (Å²) in [5.41, 5.74) is 3.46. The second-order valence-electron chi connectivity index (χ2n) is 6.56. The molecule has 2 heterocycles. The molecule has 26 heavy (non-hydrogen) atoms. The number of nitrogens with one attached hydrogen (secondary N) is 1. The van der Waals surface area contributed by atoms with E-state index in [0.29, 0.717) is 0 Å². The van der Waals surface area contributed by atoms with E-state index in [2.05, 4.69) is 28.7 Å². The summed E-state index contributed by atoms with van der Waals surface area (Å²) in [7, 11) is 0. The van der Waals surface area contributed by atoms with E-state index in [4.69, 9.17) is 4.74 Å². The Kier molecular flexibility index (Phi) is 5.91. The van der Waals surface area contributed by atoms with Crippen LogP contribution in [0, 0.1) is 11.8 Å². The van der Waals surface area contributed by atoms with Gasteiger partial charge in [-0.15, -0.1) is 0 Å². The van der Waals surface area contributed by atoms with Crippen molar-refractivity contribution in [3.05, 3.63) is 29.6 Å². The number of aliphatic hydroxyl groups is 4. The molecule has 1 aliphatic rings. The molecule has 1 aromatic carbocycles. The van der Waals surface area contributed by atoms with Crippen molar-refractivity contribution in [1.82, 2.24) is 9.97 Å². The van der Waals surface area contributed by atoms with Gasteiger partial charge in [-0.25, -0.2) is 4.98 Å². The lowest BCUT2D eigenvalue weighted by molar-refractivity contribution is -0.214. The van der Waals surface area contributed by atoms with Crippen molar-refractivity contribution < 1.29 is 25.2 Å². The minimum atomic E-state index is -1.43. The maximum Gasteiger partial charge on any atom is 0.147 e. The van der Waals surface area contributed by atoms with E-state index < -0.39 is 37.1 Å². The Hall–Kier alpha value is -1.95. The Morgan fingerprint density at radius 1 is 1.19 bits per heavy atom. The van der Waals surface area contributed by atoms with Crippen molar-refractivity contribution in [3.63, 3.8) is 0 Å². The summed E-state index contributed by atoms with van der Waals surface area (Å²) in [6, 6.07) is 4.01. The first-order valence-electron chi connectivity index (χ1n) is 8.83. The van der Waals surface area contributed by atoms with Crippen molar-refractivity contribution in [1.29, 1.82) is 0 Å². The molecule has 5 N–H and O–H groups in total. The monoisotopic (exact) mass is 360 g/mol. The number of aromatic amines is 1. The van der Waals surface area contributed by atoms with Crippen LogP contribution in [0.15, 0.2) is 18.5 Å². The van der Waals surface area contributed by atoms with Gasteiger partial charge in [0.2, 0.25) is 0 Å². The van der Waals surface area contributed by atoms with Crippen LogP contribution in [0.3, 0.4) is 0 Å². The molecule has 0 aliphatic carbocycles. The predicted octanol–water partition coefficient (Wildman–Crippen LogP) is 0.0994. The van der Waals surface area contributed by atoms with Crippen molar-refractivity contribution in [2.45, 2.75) is 56.7 Å². The smallest absolute Gasteiger partial charge is 0.147 e. The van der Waals surface area contributed by atoms with Gasteiger partial charge in [-0.05, 0) is 30.5 Å². The number of aliphatic hydroxyl groups excluding tert-OH is 4. The molecule has 0 radical (unpaired) electrons. The molecule has 0 bridgehead atoms. The summed E-state index contributed by atoms with van der Waals surface area (Å²) in [5, 5.41) is 39.1. The lowest BCUT2D eigenvalue weighted by Crippen LogP contribution is -2.58. The number of H-pyrrole nitrogens is 1. The normalized spacial score (nSPS) is 28.7. The van der Waals surface area contributed by atoms with Gasteiger partial charge in [-0.1, -0.05) is 25.2 Å². The Labute approximate surface area is 151 Å². The number of nitrogens with zero attached hydrogens (tertiary/aromatic N) is 1. The molecule has 0 amide bonds. The van der Waals surface area contributed by atoms with Gasteiger partial charge < -0.3 is 30.1 Å². The van der Waals surface area contributed by atoms with E-state index in [1.807, 2.05) is 12.1 Å². The zero-order valence-electron chi connectivity index (χ0n) is 14.6. The summed E-state index contributed by atoms with van der Waals surface area (Å²) >= 11 is 0. The standard InChI is InChI=1S/C19H24N2O5/c1-2-3-4-11-7-12(16-13(8-11)20-10-21-16)5-6-14-17(23)19(25)18(24)15(9-22)26-14/h7-8,10,14-15,17-19,22-25H,2-4,9H2,1H3,(H,20,21)/t14-,15-,17-,18-,19-/m1/s1. The SMILES string of the molecule is CCCCc1cc(C#C[C@H]2O[C@H](CO)[C@@H](O)[C@H](O)[C@@H]2O)c2[nH]cnc2c1. The lowest BCUT2D eigenvalue weighted by atomic mass is 9.95. The van der Waals surface area contributed by atoms with E-state index in [1.165, 1.54) is 0 Å². The highest BCUT2D eigenvalue weighted by Crippen LogP contribution is 2.22. The van der Waals surface area contributed by atoms with Gasteiger partial charge in [-0.3, -0.25) is 0 Å². The molecule has 2 aromatic rings. The molecular formula is C19H24N2O5. The summed E-state index contributed by atoms with van der Waals surface area (Å²) in [5.74, 6) is 5.81. The predicted molar refractivity (Wildman–Crippen MR) is 95.4 cm³/mol. The van der Waals surface area contributed by atoms with Gasteiger partial charge >= 0.3 is 0 Å². The van der Waals surface area contributed by atoms with Crippen LogP contribution in [0.2, 0.25) is 0 Å². The number of fused-ring (bicyclic) bond motifs is 1. The van der Waals surface area contributed by atoms with E-state index in [0.717, 1.165) is 41.4 Å². The highest BCUT2D eigenvalue weighted by atomic mass is 16.5. The summed E-state index contributed by atoms with van der Waals surface area (Å²) in [6.45, 7) is 1.66. The number of rotatable bonds is 4. The zero-order valence-corrected chi connectivity index (χ0v) is 14.6. The van der Waals surface area contributed by atoms with Crippen LogP contribution in [-0.2, 0) is 11.2 Å². The number of aromatic nitrogens is 2. The molecule has 5 atom stereocenters. The molecule has 1 aliphatic heterocycles. The van der Waals surface area contributed by atoms with Gasteiger partial charge in [0.15, 0.2) is 0 Å². The van der Waals surface area contributed by atoms with Crippen LogP contribution < -0.4 is 0 Å². The Balaban J connectivity index is 1.90. The third kappa shape index (κ3) is 3.75. The second-order valence-corrected chi connectivity index (χ2v) is 6.56. The first kappa shape index (κ1) is 18.8. The van der Waals surface area contributed by atoms with Gasteiger partial charge in [0.05, 0.1) is 29.5 Å². The zero-order chi connectivity index (χ0) is 18.7. The summed E-state index contributed by atoms with van der Waals surface area (Å²) in [4.78, 5) is 7.35. The molecule has 1 saturated heterocycles. The van der Waals surface area contributed by atoms with Crippen LogP contribution in [0.25, 0.3) is 11.0 Å². The van der Waals surface area contributed by atoms with Crippen molar-refractivity contribution >= 4 is 11.0 Å². The highest BCUT2D eigenvalue weighted by molar-refractivity contribution is 5.82. The van der Waals surface area contributed by atoms with Gasteiger partial charge in [0.1, 0.15) is 30.5 Å². The minimum absolute atomic E-state index is 0.472. The summed E-state index contributed by atoms with van der Waals surface area (Å²) in [6.07, 6.45) is -1.46. The van der Waals surface area contributed by atoms with Crippen LogP contribution >= 0.6 is 0 Å². The number of ether oxygens (including phenoxy) is 1. The number of benzene rings is 1. The number of hydrogen-bond donors (Lipinski definition) is 5. The first-order chi connectivity index (χ1) is 12.5. The Morgan fingerprint density at radius 2 is 2.00 bits per heavy atom. The fraction of sp³-hybridized carbons (Fsp3) is 0.526. The van der Waals surface area contributed by atoms with Crippen molar-refractivity contribution in [3.8, 4) is 11.8 Å². The third-order valence-electron chi connectivity index (χ3n) is 4.65. The largest absolute Gasteiger partial charge is 0.394 e. The molecule has 7 nitrogen and oxygen atoms in total. The van der Waals surface area contributed by atoms with Crippen LogP contribution in [0.4, 0.5) is 0 Å². The maximum atomic E-state index is 10.1. The number of imidazole rings is 1. The molecule has 0 spiro atoms. The number of hydrogen-bond acceptors (Lipinski definition) is 6. The topological polar surface area (TPSA) is 119 Å². The average molecular weight is 360 g/mol. The molecular weight excluding hydrogens is 336 g/mol. The molecule has 1 aromatic heterocycles. The molecule has 0 saturated carbocycles. The second kappa shape index (κ2) is 8.16. The van der Waals surface area contributed by atoms with Crippen LogP contribution in [-0.4, -0.2) is 67.5 Å². The average Bonchev–Trinajstić information content (AvgIpc) is 3.12. The highest BCUT2D eigenvalue weighted by Gasteiger charge is 2.42. The van der Waals surface area contributed by atoms with Gasteiger partial charge in [-0.2, -0.15) is 0 Å². The molecule has 7 heteroatoms. The van der Waals surface area contributed by atoms with E-state index in [-0.39, 0.29) is 0 Å². The molecule has 140 valence electrons. The number of aryl methyl sites for hydroxylation is 1. The van der Waals surface area contributed by atoms with Gasteiger partial charge in [0.25, 0.3) is 0 Å². The summed E-state index contributed by atoms with van der Waals surface area (Å²) < 4.78 is 5.43. The number of unbranched alkanes of at least 4 members (excludes halogenated alkanes) is 1. The molecule has 0 unspecified atom stereocenters. The first-order valence-corrected chi connectivity index (χ1v) is 8.83. The maximum absolute atomic E-state index is 10.1. The quantitative estimate of drug-likeness (QED) is 0.494. The van der Waals surface area contributed by atoms with Gasteiger partial charge in [0, 0.05) is 0 Å². The Bertz CT molecular complexity index is 807.